The standard InChI is InChI=1S/C29H31Cl2N7O3.2ClH/c1-36(8-9-38-7-4-32-19-38)29-33-16-25(17-34-29)41-27-11-21(18-37-5-2-20(3-6-37)12-28(39)40)10-26(35-27)22-13-23(30)15-24(31)14-22;;/h4,7,10-11,13-17,19-20H,2-3,5-6,8-9,12,18H2,1H3,(H,39,40);2*1H. The van der Waals surface area contributed by atoms with Crippen LogP contribution < -0.4 is 9.64 Å². The van der Waals surface area contributed by atoms with Crippen molar-refractivity contribution in [1.29, 1.82) is 0 Å². The van der Waals surface area contributed by atoms with Crippen LogP contribution in [-0.2, 0) is 17.9 Å². The highest BCUT2D eigenvalue weighted by Crippen LogP contribution is 2.31. The highest BCUT2D eigenvalue weighted by molar-refractivity contribution is 6.35. The van der Waals surface area contributed by atoms with Gasteiger partial charge >= 0.3 is 5.97 Å². The zero-order valence-electron chi connectivity index (χ0n) is 23.5. The molecule has 10 nitrogen and oxygen atoms in total. The van der Waals surface area contributed by atoms with Crippen LogP contribution in [0.4, 0.5) is 5.95 Å². The molecule has 0 saturated carbocycles. The average Bonchev–Trinajstić information content (AvgIpc) is 3.46. The van der Waals surface area contributed by atoms with Crippen LogP contribution in [0.5, 0.6) is 11.6 Å². The van der Waals surface area contributed by atoms with E-state index in [2.05, 4.69) is 19.9 Å². The van der Waals surface area contributed by atoms with E-state index < -0.39 is 5.97 Å². The number of carboxylic acids is 1. The Morgan fingerprint density at radius 1 is 1.07 bits per heavy atom. The first-order valence-electron chi connectivity index (χ1n) is 13.4. The summed E-state index contributed by atoms with van der Waals surface area (Å²) in [5.74, 6) is 0.935. The number of aromatic nitrogens is 5. The summed E-state index contributed by atoms with van der Waals surface area (Å²) in [6.07, 6.45) is 10.7. The Labute approximate surface area is 272 Å². The molecule has 0 spiro atoms. The number of aliphatic carboxylic acids is 1. The lowest BCUT2D eigenvalue weighted by molar-refractivity contribution is -0.138. The van der Waals surface area contributed by atoms with Crippen LogP contribution in [0.1, 0.15) is 24.8 Å². The van der Waals surface area contributed by atoms with Crippen LogP contribution in [0.25, 0.3) is 11.3 Å². The van der Waals surface area contributed by atoms with Gasteiger partial charge in [0.05, 0.1) is 24.4 Å². The second-order valence-corrected chi connectivity index (χ2v) is 11.1. The monoisotopic (exact) mass is 667 g/mol. The average molecular weight is 669 g/mol. The number of hydrogen-bond donors (Lipinski definition) is 1. The maximum Gasteiger partial charge on any atom is 0.303 e. The molecule has 1 aromatic carbocycles. The molecule has 4 heterocycles. The summed E-state index contributed by atoms with van der Waals surface area (Å²) in [5.41, 5.74) is 2.47. The number of carbonyl (C=O) groups is 1. The predicted octanol–water partition coefficient (Wildman–Crippen LogP) is 6.50. The van der Waals surface area contributed by atoms with Crippen molar-refractivity contribution in [3.8, 4) is 22.9 Å². The summed E-state index contributed by atoms with van der Waals surface area (Å²) in [5, 5.41) is 10.2. The smallest absolute Gasteiger partial charge is 0.303 e. The largest absolute Gasteiger partial charge is 0.481 e. The zero-order valence-corrected chi connectivity index (χ0v) is 26.6. The highest BCUT2D eigenvalue weighted by Gasteiger charge is 2.22. The molecule has 1 aliphatic heterocycles. The van der Waals surface area contributed by atoms with Crippen LogP contribution >= 0.6 is 48.0 Å². The molecule has 0 bridgehead atoms. The van der Waals surface area contributed by atoms with Gasteiger partial charge in [-0.05, 0) is 61.7 Å². The first-order chi connectivity index (χ1) is 19.8. The molecule has 4 aromatic rings. The van der Waals surface area contributed by atoms with E-state index in [-0.39, 0.29) is 37.2 Å². The van der Waals surface area contributed by atoms with E-state index in [1.54, 1.807) is 31.0 Å². The molecular formula is C29H33Cl4N7O3. The number of ether oxygens (including phenoxy) is 1. The van der Waals surface area contributed by atoms with E-state index in [4.69, 9.17) is 38.0 Å². The van der Waals surface area contributed by atoms with E-state index in [9.17, 15) is 4.79 Å². The summed E-state index contributed by atoms with van der Waals surface area (Å²) >= 11 is 12.6. The number of piperidine rings is 1. The lowest BCUT2D eigenvalue weighted by Crippen LogP contribution is -2.33. The van der Waals surface area contributed by atoms with E-state index >= 15 is 0 Å². The number of imidazole rings is 1. The number of pyridine rings is 1. The number of benzene rings is 1. The van der Waals surface area contributed by atoms with Crippen LogP contribution in [0.3, 0.4) is 0 Å². The van der Waals surface area contributed by atoms with Gasteiger partial charge in [-0.15, -0.1) is 24.8 Å². The molecule has 230 valence electrons. The fourth-order valence-corrected chi connectivity index (χ4v) is 5.40. The van der Waals surface area contributed by atoms with Gasteiger partial charge in [0.25, 0.3) is 0 Å². The van der Waals surface area contributed by atoms with Gasteiger partial charge in [-0.3, -0.25) is 9.69 Å². The van der Waals surface area contributed by atoms with Crippen molar-refractivity contribution in [2.75, 3.05) is 31.6 Å². The normalized spacial score (nSPS) is 13.6. The summed E-state index contributed by atoms with van der Waals surface area (Å²) in [6.45, 7) is 3.83. The second-order valence-electron chi connectivity index (χ2n) is 10.2. The third-order valence-corrected chi connectivity index (χ3v) is 7.46. The van der Waals surface area contributed by atoms with Gasteiger partial charge in [-0.2, -0.15) is 0 Å². The number of anilines is 1. The Bertz CT molecular complexity index is 1450. The van der Waals surface area contributed by atoms with Crippen molar-refractivity contribution in [2.24, 2.45) is 5.92 Å². The third-order valence-electron chi connectivity index (χ3n) is 7.03. The summed E-state index contributed by atoms with van der Waals surface area (Å²) in [7, 11) is 1.94. The fraction of sp³-hybridized carbons (Fsp3) is 0.345. The molecule has 3 aromatic heterocycles. The predicted molar refractivity (Wildman–Crippen MR) is 172 cm³/mol. The zero-order chi connectivity index (χ0) is 28.8. The minimum Gasteiger partial charge on any atom is -0.481 e. The van der Waals surface area contributed by atoms with Crippen molar-refractivity contribution in [2.45, 2.75) is 32.4 Å². The number of hydrogen-bond acceptors (Lipinski definition) is 8. The van der Waals surface area contributed by atoms with E-state index in [0.717, 1.165) is 50.1 Å². The van der Waals surface area contributed by atoms with Gasteiger partial charge < -0.3 is 19.3 Å². The molecule has 0 amide bonds. The fourth-order valence-electron chi connectivity index (χ4n) is 4.87. The number of likely N-dealkylation sites (N-methyl/N-ethyl adjacent to an activating group) is 1. The molecule has 14 heteroatoms. The summed E-state index contributed by atoms with van der Waals surface area (Å²) in [4.78, 5) is 33.1. The van der Waals surface area contributed by atoms with Crippen LogP contribution in [-0.4, -0.2) is 67.2 Å². The maximum atomic E-state index is 11.1. The molecule has 1 saturated heterocycles. The number of nitrogens with zero attached hydrogens (tertiary/aromatic N) is 7. The molecule has 0 radical (unpaired) electrons. The quantitative estimate of drug-likeness (QED) is 0.191. The van der Waals surface area contributed by atoms with Crippen molar-refractivity contribution in [1.82, 2.24) is 29.4 Å². The minimum atomic E-state index is -0.734. The first kappa shape index (κ1) is 34.3. The van der Waals surface area contributed by atoms with Gasteiger partial charge in [0.15, 0.2) is 5.75 Å². The van der Waals surface area contributed by atoms with Gasteiger partial charge in [-0.25, -0.2) is 19.9 Å². The van der Waals surface area contributed by atoms with E-state index in [1.807, 2.05) is 47.0 Å². The van der Waals surface area contributed by atoms with Crippen molar-refractivity contribution in [3.63, 3.8) is 0 Å². The minimum absolute atomic E-state index is 0. The highest BCUT2D eigenvalue weighted by atomic mass is 35.5. The molecule has 1 aliphatic rings. The summed E-state index contributed by atoms with van der Waals surface area (Å²) in [6, 6.07) is 9.23. The third kappa shape index (κ3) is 9.94. The Morgan fingerprint density at radius 3 is 2.40 bits per heavy atom. The molecule has 1 fully saturated rings. The van der Waals surface area contributed by atoms with Gasteiger partial charge in [0.1, 0.15) is 0 Å². The van der Waals surface area contributed by atoms with Crippen LogP contribution in [0.15, 0.2) is 61.4 Å². The van der Waals surface area contributed by atoms with Crippen LogP contribution in [0, 0.1) is 5.92 Å². The van der Waals surface area contributed by atoms with Gasteiger partial charge in [-0.1, -0.05) is 23.2 Å². The lowest BCUT2D eigenvalue weighted by Gasteiger charge is -2.31. The van der Waals surface area contributed by atoms with Crippen molar-refractivity contribution in [3.05, 3.63) is 77.1 Å². The molecular weight excluding hydrogens is 636 g/mol. The Morgan fingerprint density at radius 2 is 1.77 bits per heavy atom. The molecule has 0 aliphatic carbocycles. The molecule has 0 unspecified atom stereocenters. The number of carboxylic acid groups (broad SMARTS) is 1. The molecule has 1 N–H and O–H groups in total. The Kier molecular flexibility index (Phi) is 12.8. The Hall–Kier alpha value is -3.15. The summed E-state index contributed by atoms with van der Waals surface area (Å²) < 4.78 is 8.12. The van der Waals surface area contributed by atoms with Crippen molar-refractivity contribution < 1.29 is 14.6 Å². The lowest BCUT2D eigenvalue weighted by atomic mass is 9.93. The van der Waals surface area contributed by atoms with Crippen molar-refractivity contribution >= 4 is 59.9 Å². The van der Waals surface area contributed by atoms with Gasteiger partial charge in [0.2, 0.25) is 11.8 Å². The van der Waals surface area contributed by atoms with E-state index in [0.29, 0.717) is 39.9 Å². The molecule has 0 atom stereocenters. The number of likely N-dealkylation sites (tertiary alicyclic amines) is 1. The molecule has 43 heavy (non-hydrogen) atoms. The van der Waals surface area contributed by atoms with E-state index in [1.165, 1.54) is 0 Å². The maximum absolute atomic E-state index is 11.1. The SMILES string of the molecule is CN(CCn1ccnc1)c1ncc(Oc2cc(CN3CCC(CC(=O)O)CC3)cc(-c3cc(Cl)cc(Cl)c3)n2)cn1.Cl.Cl. The van der Waals surface area contributed by atoms with Crippen LogP contribution in [0.2, 0.25) is 10.0 Å². The number of rotatable bonds is 11. The topological polar surface area (TPSA) is 110 Å². The first-order valence-corrected chi connectivity index (χ1v) is 14.1. The molecule has 5 rings (SSSR count). The van der Waals surface area contributed by atoms with Gasteiger partial charge in [0, 0.05) is 67.2 Å². The second kappa shape index (κ2) is 16.1. The number of halogens is 4. The Balaban J connectivity index is 0.00000253.